The van der Waals surface area contributed by atoms with Crippen molar-refractivity contribution in [3.8, 4) is 0 Å². The molecule has 4 rings (SSSR count). The highest BCUT2D eigenvalue weighted by molar-refractivity contribution is 7.12. The van der Waals surface area contributed by atoms with Gasteiger partial charge in [0.2, 0.25) is 0 Å². The molecule has 1 aliphatic heterocycles. The maximum absolute atomic E-state index is 12.8. The van der Waals surface area contributed by atoms with Gasteiger partial charge in [-0.25, -0.2) is 0 Å². The molecular weight excluding hydrogens is 310 g/mol. The van der Waals surface area contributed by atoms with Crippen LogP contribution in [-0.2, 0) is 17.8 Å². The lowest BCUT2D eigenvalue weighted by molar-refractivity contribution is 0.0679. The van der Waals surface area contributed by atoms with Crippen LogP contribution in [0.3, 0.4) is 0 Å². The van der Waals surface area contributed by atoms with Gasteiger partial charge in [0, 0.05) is 31.7 Å². The Hall–Kier alpha value is -1.66. The summed E-state index contributed by atoms with van der Waals surface area (Å²) in [6.45, 7) is 2.96. The number of ether oxygens (including phenoxy) is 1. The van der Waals surface area contributed by atoms with E-state index in [-0.39, 0.29) is 11.8 Å². The minimum absolute atomic E-state index is 0.117. The molecule has 1 unspecified atom stereocenters. The van der Waals surface area contributed by atoms with Gasteiger partial charge >= 0.3 is 0 Å². The molecule has 2 aromatic heterocycles. The first-order valence-electron chi connectivity index (χ1n) is 8.12. The number of amides is 1. The lowest BCUT2D eigenvalue weighted by atomic mass is 9.95. The van der Waals surface area contributed by atoms with Crippen LogP contribution in [0.25, 0.3) is 0 Å². The maximum Gasteiger partial charge on any atom is 0.264 e. The third kappa shape index (κ3) is 2.93. The SMILES string of the molecule is COCC1CN(C(=O)c2cccs2)Cc2c1cnn2CC1CC1. The summed E-state index contributed by atoms with van der Waals surface area (Å²) in [6.07, 6.45) is 4.58. The summed E-state index contributed by atoms with van der Waals surface area (Å²) in [6, 6.07) is 3.83. The Labute approximate surface area is 139 Å². The maximum atomic E-state index is 12.8. The molecule has 6 heteroatoms. The van der Waals surface area contributed by atoms with Crippen LogP contribution in [0, 0.1) is 5.92 Å². The molecule has 0 radical (unpaired) electrons. The molecule has 0 spiro atoms. The fourth-order valence-electron chi connectivity index (χ4n) is 3.31. The Bertz CT molecular complexity index is 691. The fourth-order valence-corrected chi connectivity index (χ4v) is 4.00. The van der Waals surface area contributed by atoms with Gasteiger partial charge in [0.05, 0.1) is 29.9 Å². The minimum atomic E-state index is 0.117. The number of rotatable bonds is 5. The summed E-state index contributed by atoms with van der Waals surface area (Å²) in [7, 11) is 1.72. The number of carbonyl (C=O) groups excluding carboxylic acids is 1. The molecule has 1 saturated carbocycles. The third-order valence-corrected chi connectivity index (χ3v) is 5.58. The Balaban J connectivity index is 1.62. The number of methoxy groups -OCH3 is 1. The topological polar surface area (TPSA) is 47.4 Å². The van der Waals surface area contributed by atoms with Crippen molar-refractivity contribution < 1.29 is 9.53 Å². The summed E-state index contributed by atoms with van der Waals surface area (Å²) in [5.41, 5.74) is 2.44. The van der Waals surface area contributed by atoms with Crippen LogP contribution < -0.4 is 0 Å². The largest absolute Gasteiger partial charge is 0.384 e. The number of nitrogens with zero attached hydrogens (tertiary/aromatic N) is 3. The average molecular weight is 331 g/mol. The van der Waals surface area contributed by atoms with Gasteiger partial charge in [-0.2, -0.15) is 5.10 Å². The van der Waals surface area contributed by atoms with Crippen molar-refractivity contribution in [3.63, 3.8) is 0 Å². The Morgan fingerprint density at radius 3 is 3.04 bits per heavy atom. The van der Waals surface area contributed by atoms with E-state index in [0.717, 1.165) is 17.3 Å². The molecular formula is C17H21N3O2S. The Morgan fingerprint density at radius 2 is 2.35 bits per heavy atom. The first-order valence-corrected chi connectivity index (χ1v) is 9.00. The van der Waals surface area contributed by atoms with E-state index < -0.39 is 0 Å². The van der Waals surface area contributed by atoms with E-state index >= 15 is 0 Å². The monoisotopic (exact) mass is 331 g/mol. The molecule has 23 heavy (non-hydrogen) atoms. The fraction of sp³-hybridized carbons (Fsp3) is 0.529. The molecule has 0 saturated heterocycles. The molecule has 5 nitrogen and oxygen atoms in total. The molecule has 122 valence electrons. The number of thiophene rings is 1. The van der Waals surface area contributed by atoms with Crippen molar-refractivity contribution in [3.05, 3.63) is 39.8 Å². The van der Waals surface area contributed by atoms with Crippen LogP contribution in [0.2, 0.25) is 0 Å². The van der Waals surface area contributed by atoms with E-state index in [4.69, 9.17) is 4.74 Å². The molecule has 1 fully saturated rings. The molecule has 2 aliphatic rings. The van der Waals surface area contributed by atoms with Crippen molar-refractivity contribution in [2.24, 2.45) is 5.92 Å². The second-order valence-corrected chi connectivity index (χ2v) is 7.44. The van der Waals surface area contributed by atoms with Crippen LogP contribution >= 0.6 is 11.3 Å². The first-order chi connectivity index (χ1) is 11.3. The Morgan fingerprint density at radius 1 is 1.48 bits per heavy atom. The summed E-state index contributed by atoms with van der Waals surface area (Å²) in [4.78, 5) is 15.5. The van der Waals surface area contributed by atoms with Gasteiger partial charge in [-0.1, -0.05) is 6.07 Å². The molecule has 0 N–H and O–H groups in total. The van der Waals surface area contributed by atoms with Gasteiger partial charge in [0.1, 0.15) is 0 Å². The first kappa shape index (κ1) is 14.9. The number of aromatic nitrogens is 2. The van der Waals surface area contributed by atoms with E-state index in [1.54, 1.807) is 7.11 Å². The van der Waals surface area contributed by atoms with E-state index in [2.05, 4.69) is 9.78 Å². The molecule has 1 amide bonds. The summed E-state index contributed by atoms with van der Waals surface area (Å²) >= 11 is 1.50. The highest BCUT2D eigenvalue weighted by atomic mass is 32.1. The zero-order chi connectivity index (χ0) is 15.8. The predicted molar refractivity (Wildman–Crippen MR) is 88.6 cm³/mol. The van der Waals surface area contributed by atoms with Crippen molar-refractivity contribution in [2.75, 3.05) is 20.3 Å². The minimum Gasteiger partial charge on any atom is -0.384 e. The Kier molecular flexibility index (Phi) is 3.95. The summed E-state index contributed by atoms with van der Waals surface area (Å²) < 4.78 is 7.50. The van der Waals surface area contributed by atoms with Crippen LogP contribution in [0.15, 0.2) is 23.7 Å². The summed E-state index contributed by atoms with van der Waals surface area (Å²) in [5.74, 6) is 1.09. The van der Waals surface area contributed by atoms with Crippen molar-refractivity contribution in [2.45, 2.75) is 31.8 Å². The van der Waals surface area contributed by atoms with Gasteiger partial charge in [-0.15, -0.1) is 11.3 Å². The number of hydrogen-bond acceptors (Lipinski definition) is 4. The summed E-state index contributed by atoms with van der Waals surface area (Å²) in [5, 5.41) is 6.54. The van der Waals surface area contributed by atoms with Gasteiger partial charge in [-0.05, 0) is 30.2 Å². The van der Waals surface area contributed by atoms with E-state index in [1.807, 2.05) is 28.6 Å². The molecule has 3 heterocycles. The highest BCUT2D eigenvalue weighted by Gasteiger charge is 2.33. The van der Waals surface area contributed by atoms with Crippen molar-refractivity contribution >= 4 is 17.2 Å². The number of fused-ring (bicyclic) bond motifs is 1. The highest BCUT2D eigenvalue weighted by Crippen LogP contribution is 2.34. The quantitative estimate of drug-likeness (QED) is 0.846. The normalized spacial score (nSPS) is 20.6. The zero-order valence-electron chi connectivity index (χ0n) is 13.3. The lowest BCUT2D eigenvalue weighted by Gasteiger charge is -2.32. The second kappa shape index (κ2) is 6.09. The van der Waals surface area contributed by atoms with Crippen LogP contribution in [0.5, 0.6) is 0 Å². The molecule has 1 atom stereocenters. The lowest BCUT2D eigenvalue weighted by Crippen LogP contribution is -2.39. The van der Waals surface area contributed by atoms with E-state index in [1.165, 1.54) is 35.4 Å². The van der Waals surface area contributed by atoms with Gasteiger partial charge in [0.15, 0.2) is 0 Å². The van der Waals surface area contributed by atoms with Crippen molar-refractivity contribution in [1.82, 2.24) is 14.7 Å². The third-order valence-electron chi connectivity index (χ3n) is 4.72. The standard InChI is InChI=1S/C17H21N3O2S/c1-22-11-13-9-19(17(21)16-3-2-6-23-16)10-15-14(13)7-18-20(15)8-12-4-5-12/h2-3,6-7,12-13H,4-5,8-11H2,1H3. The van der Waals surface area contributed by atoms with Crippen LogP contribution in [0.4, 0.5) is 0 Å². The van der Waals surface area contributed by atoms with Crippen LogP contribution in [-0.4, -0.2) is 40.8 Å². The smallest absolute Gasteiger partial charge is 0.264 e. The molecule has 2 aromatic rings. The number of carbonyl (C=O) groups is 1. The van der Waals surface area contributed by atoms with E-state index in [0.29, 0.717) is 19.7 Å². The average Bonchev–Trinajstić information content (AvgIpc) is 3.05. The predicted octanol–water partition coefficient (Wildman–Crippen LogP) is 2.74. The van der Waals surface area contributed by atoms with Crippen LogP contribution in [0.1, 0.15) is 39.7 Å². The zero-order valence-corrected chi connectivity index (χ0v) is 14.1. The van der Waals surface area contributed by atoms with Gasteiger partial charge < -0.3 is 9.64 Å². The van der Waals surface area contributed by atoms with E-state index in [9.17, 15) is 4.79 Å². The molecule has 0 bridgehead atoms. The van der Waals surface area contributed by atoms with Gasteiger partial charge in [-0.3, -0.25) is 9.48 Å². The second-order valence-electron chi connectivity index (χ2n) is 6.49. The number of hydrogen-bond donors (Lipinski definition) is 0. The molecule has 1 aliphatic carbocycles. The van der Waals surface area contributed by atoms with Crippen molar-refractivity contribution in [1.29, 1.82) is 0 Å². The molecule has 0 aromatic carbocycles. The van der Waals surface area contributed by atoms with Gasteiger partial charge in [0.25, 0.3) is 5.91 Å².